The zero-order valence-electron chi connectivity index (χ0n) is 11.1. The Morgan fingerprint density at radius 3 is 1.65 bits per heavy atom. The van der Waals surface area contributed by atoms with E-state index in [2.05, 4.69) is 0 Å². The van der Waals surface area contributed by atoms with E-state index >= 15 is 0 Å². The molecule has 0 saturated carbocycles. The second kappa shape index (κ2) is 8.59. The fourth-order valence-corrected chi connectivity index (χ4v) is 1.86. The average molecular weight is 310 g/mol. The minimum atomic E-state index is -4.72. The van der Waals surface area contributed by atoms with Gasteiger partial charge in [0.15, 0.2) is 0 Å². The number of phenolic OH excluding ortho intramolecular Hbond substituents is 1. The Bertz CT molecular complexity index is 580. The van der Waals surface area contributed by atoms with Gasteiger partial charge in [-0.1, -0.05) is 12.1 Å². The van der Waals surface area contributed by atoms with Crippen LogP contribution in [0.5, 0.6) is 17.2 Å². The Balaban J connectivity index is 0.00000180. The molecule has 0 aliphatic rings. The Morgan fingerprint density at radius 1 is 0.850 bits per heavy atom. The third-order valence-electron chi connectivity index (χ3n) is 2.23. The summed E-state index contributed by atoms with van der Waals surface area (Å²) in [6.45, 7) is 0. The summed E-state index contributed by atoms with van der Waals surface area (Å²) in [5.74, 6) is 1.02. The van der Waals surface area contributed by atoms with Gasteiger partial charge >= 0.3 is 59.1 Å². The first kappa shape index (κ1) is 20.2. The fourth-order valence-electron chi connectivity index (χ4n) is 1.35. The van der Waals surface area contributed by atoms with Crippen LogP contribution < -0.4 is 78.9 Å². The van der Waals surface area contributed by atoms with Crippen molar-refractivity contribution in [1.29, 1.82) is 0 Å². The Morgan fingerprint density at radius 2 is 1.25 bits per heavy atom. The maximum absolute atomic E-state index is 10.7. The molecule has 0 aliphatic heterocycles. The predicted molar refractivity (Wildman–Crippen MR) is 61.9 cm³/mol. The summed E-state index contributed by atoms with van der Waals surface area (Å²) in [4.78, 5) is 21.5. The Hall–Kier alpha value is 0.190. The maximum atomic E-state index is 10.7. The zero-order valence-corrected chi connectivity index (χ0v) is 16.0. The molecule has 0 unspecified atom stereocenters. The summed E-state index contributed by atoms with van der Waals surface area (Å²) >= 11 is 0. The van der Waals surface area contributed by atoms with Crippen molar-refractivity contribution in [2.75, 3.05) is 0 Å². The van der Waals surface area contributed by atoms with E-state index in [0.29, 0.717) is 11.5 Å². The molecular weight excluding hydrogens is 301 g/mol. The Labute approximate surface area is 160 Å². The molecule has 0 bridgehead atoms. The van der Waals surface area contributed by atoms with E-state index in [9.17, 15) is 14.4 Å². The Kier molecular flexibility index (Phi) is 8.67. The summed E-state index contributed by atoms with van der Waals surface area (Å²) in [5.41, 5.74) is 0. The van der Waals surface area contributed by atoms with E-state index in [4.69, 9.17) is 9.84 Å². The minimum absolute atomic E-state index is 0. The molecule has 0 spiro atoms. The minimum Gasteiger partial charge on any atom is -0.807 e. The second-order valence-electron chi connectivity index (χ2n) is 3.59. The normalized spacial score (nSPS) is 10.1. The van der Waals surface area contributed by atoms with Crippen LogP contribution in [0.25, 0.3) is 0 Å². The van der Waals surface area contributed by atoms with Crippen LogP contribution in [0, 0.1) is 0 Å². The molecule has 5 nitrogen and oxygen atoms in total. The topological polar surface area (TPSA) is 92.7 Å². The predicted octanol–water partition coefficient (Wildman–Crippen LogP) is -5.27. The van der Waals surface area contributed by atoms with Crippen molar-refractivity contribution in [2.45, 2.75) is 0 Å². The number of phenols is 1. The molecule has 0 fully saturated rings. The third-order valence-corrected chi connectivity index (χ3v) is 3.16. The van der Waals surface area contributed by atoms with E-state index in [1.165, 1.54) is 36.4 Å². The summed E-state index contributed by atoms with van der Waals surface area (Å²) in [6.07, 6.45) is 0. The van der Waals surface area contributed by atoms with Crippen molar-refractivity contribution in [2.24, 2.45) is 0 Å². The van der Waals surface area contributed by atoms with Crippen molar-refractivity contribution < 1.29 is 83.3 Å². The molecule has 0 amide bonds. The van der Waals surface area contributed by atoms with Crippen LogP contribution in [0.3, 0.4) is 0 Å². The SMILES string of the molecule is O=P([O-])([O-])c1ccc(Oc2ccc(O)cc2)cc1.[Na+].[Na+]. The van der Waals surface area contributed by atoms with Gasteiger partial charge in [-0.25, -0.2) is 0 Å². The molecule has 94 valence electrons. The molecule has 0 radical (unpaired) electrons. The van der Waals surface area contributed by atoms with Crippen molar-refractivity contribution >= 4 is 12.9 Å². The van der Waals surface area contributed by atoms with Gasteiger partial charge in [0.2, 0.25) is 0 Å². The van der Waals surface area contributed by atoms with Crippen LogP contribution in [0.4, 0.5) is 0 Å². The van der Waals surface area contributed by atoms with Gasteiger partial charge in [-0.3, -0.25) is 0 Å². The fraction of sp³-hybridized carbons (Fsp3) is 0. The summed E-state index contributed by atoms with van der Waals surface area (Å²) in [5, 5.41) is 8.82. The van der Waals surface area contributed by atoms with Crippen molar-refractivity contribution in [3.05, 3.63) is 48.5 Å². The third kappa shape index (κ3) is 5.90. The van der Waals surface area contributed by atoms with E-state index < -0.39 is 7.60 Å². The van der Waals surface area contributed by atoms with Crippen LogP contribution in [-0.2, 0) is 4.57 Å². The molecular formula is C12H9Na2O5P. The molecule has 8 heteroatoms. The second-order valence-corrected chi connectivity index (χ2v) is 5.10. The number of hydrogen-bond donors (Lipinski definition) is 1. The van der Waals surface area contributed by atoms with E-state index in [0.717, 1.165) is 0 Å². The molecule has 2 rings (SSSR count). The van der Waals surface area contributed by atoms with Gasteiger partial charge in [-0.15, -0.1) is 0 Å². The van der Waals surface area contributed by atoms with Crippen LogP contribution in [-0.4, -0.2) is 5.11 Å². The van der Waals surface area contributed by atoms with Crippen LogP contribution >= 0.6 is 7.60 Å². The quantitative estimate of drug-likeness (QED) is 0.452. The largest absolute Gasteiger partial charge is 1.00 e. The van der Waals surface area contributed by atoms with Gasteiger partial charge in [0.25, 0.3) is 0 Å². The number of aromatic hydroxyl groups is 1. The average Bonchev–Trinajstić information content (AvgIpc) is 2.32. The number of rotatable bonds is 3. The van der Waals surface area contributed by atoms with Crippen molar-refractivity contribution in [1.82, 2.24) is 0 Å². The zero-order chi connectivity index (χ0) is 13.2. The van der Waals surface area contributed by atoms with Gasteiger partial charge in [0, 0.05) is 0 Å². The molecule has 0 atom stereocenters. The summed E-state index contributed by atoms with van der Waals surface area (Å²) in [7, 11) is -4.72. The number of benzene rings is 2. The summed E-state index contributed by atoms with van der Waals surface area (Å²) < 4.78 is 16.1. The van der Waals surface area contributed by atoms with Crippen LogP contribution in [0.15, 0.2) is 48.5 Å². The van der Waals surface area contributed by atoms with Gasteiger partial charge in [-0.05, 0) is 49.3 Å². The first-order valence-corrected chi connectivity index (χ1v) is 6.59. The molecule has 20 heavy (non-hydrogen) atoms. The standard InChI is InChI=1S/C12H11O5P.2Na/c13-9-1-3-10(4-2-9)17-11-5-7-12(8-6-11)18(14,15)16;;/h1-8,13H,(H2,14,15,16);;/q;2*+1/p-2. The van der Waals surface area contributed by atoms with E-state index in [1.807, 2.05) is 0 Å². The molecule has 2 aromatic carbocycles. The van der Waals surface area contributed by atoms with Crippen LogP contribution in [0.1, 0.15) is 0 Å². The molecule has 0 aromatic heterocycles. The first-order chi connectivity index (χ1) is 8.45. The molecule has 2 aromatic rings. The van der Waals surface area contributed by atoms with E-state index in [-0.39, 0.29) is 70.2 Å². The first-order valence-electron chi connectivity index (χ1n) is 5.05. The molecule has 0 saturated heterocycles. The van der Waals surface area contributed by atoms with Crippen LogP contribution in [0.2, 0.25) is 0 Å². The van der Waals surface area contributed by atoms with E-state index in [1.54, 1.807) is 12.1 Å². The number of hydrogen-bond acceptors (Lipinski definition) is 5. The van der Waals surface area contributed by atoms with Gasteiger partial charge in [-0.2, -0.15) is 0 Å². The van der Waals surface area contributed by atoms with Crippen molar-refractivity contribution in [3.8, 4) is 17.2 Å². The molecule has 0 heterocycles. The van der Waals surface area contributed by atoms with Gasteiger partial charge in [0.05, 0.1) is 0 Å². The summed E-state index contributed by atoms with van der Waals surface area (Å²) in [6, 6.07) is 11.2. The molecule has 0 aliphatic carbocycles. The molecule has 1 N–H and O–H groups in total. The van der Waals surface area contributed by atoms with Gasteiger partial charge in [0.1, 0.15) is 17.2 Å². The maximum Gasteiger partial charge on any atom is 1.00 e. The number of ether oxygens (including phenoxy) is 1. The monoisotopic (exact) mass is 310 g/mol. The van der Waals surface area contributed by atoms with Gasteiger partial charge < -0.3 is 24.2 Å². The van der Waals surface area contributed by atoms with Crippen molar-refractivity contribution in [3.63, 3.8) is 0 Å². The smallest absolute Gasteiger partial charge is 0.807 e.